The summed E-state index contributed by atoms with van der Waals surface area (Å²) in [5.74, 6) is 0.861. The number of aromatic nitrogens is 1. The first kappa shape index (κ1) is 19.8. The van der Waals surface area contributed by atoms with Crippen molar-refractivity contribution in [1.82, 2.24) is 26.1 Å². The summed E-state index contributed by atoms with van der Waals surface area (Å²) in [6, 6.07) is 12.3. The molecular weight excluding hydrogens is 366 g/mol. The molecule has 2 saturated heterocycles. The molecule has 0 bridgehead atoms. The number of nitrogens with zero attached hydrogens (tertiary/aromatic N) is 2. The highest BCUT2D eigenvalue weighted by molar-refractivity contribution is 5.79. The average Bonchev–Trinajstić information content (AvgIpc) is 3.25. The van der Waals surface area contributed by atoms with E-state index in [-0.39, 0.29) is 18.0 Å². The van der Waals surface area contributed by atoms with Crippen LogP contribution < -0.4 is 20.9 Å². The Labute approximate surface area is 171 Å². The van der Waals surface area contributed by atoms with E-state index < -0.39 is 0 Å². The van der Waals surface area contributed by atoms with Crippen LogP contribution in [0.1, 0.15) is 36.4 Å². The third-order valence-corrected chi connectivity index (χ3v) is 5.80. The van der Waals surface area contributed by atoms with Crippen LogP contribution in [-0.2, 0) is 11.2 Å². The summed E-state index contributed by atoms with van der Waals surface area (Å²) in [6.07, 6.45) is 7.38. The number of hydrogen-bond donors (Lipinski definition) is 3. The van der Waals surface area contributed by atoms with Crippen LogP contribution in [0.15, 0.2) is 48.8 Å². The minimum absolute atomic E-state index is 0.0778. The molecule has 7 nitrogen and oxygen atoms in total. The van der Waals surface area contributed by atoms with Gasteiger partial charge in [0.25, 0.3) is 0 Å². The number of benzene rings is 1. The molecule has 0 saturated carbocycles. The van der Waals surface area contributed by atoms with Gasteiger partial charge in [0.05, 0.1) is 25.7 Å². The molecule has 1 aromatic heterocycles. The Morgan fingerprint density at radius 2 is 2.10 bits per heavy atom. The second kappa shape index (κ2) is 9.35. The molecule has 1 aromatic carbocycles. The van der Waals surface area contributed by atoms with Gasteiger partial charge in [-0.15, -0.1) is 0 Å². The van der Waals surface area contributed by atoms with Crippen molar-refractivity contribution in [2.75, 3.05) is 20.2 Å². The lowest BCUT2D eigenvalue weighted by molar-refractivity contribution is -0.121. The predicted molar refractivity (Wildman–Crippen MR) is 111 cm³/mol. The maximum Gasteiger partial charge on any atom is 0.224 e. The van der Waals surface area contributed by atoms with Crippen molar-refractivity contribution in [2.24, 2.45) is 0 Å². The van der Waals surface area contributed by atoms with Crippen molar-refractivity contribution in [3.8, 4) is 5.75 Å². The largest absolute Gasteiger partial charge is 0.497 e. The molecule has 2 aromatic rings. The average molecular weight is 396 g/mol. The van der Waals surface area contributed by atoms with Crippen molar-refractivity contribution in [1.29, 1.82) is 0 Å². The molecular formula is C22H29N5O2. The zero-order valence-corrected chi connectivity index (χ0v) is 16.8. The minimum atomic E-state index is 0.0778. The minimum Gasteiger partial charge on any atom is -0.497 e. The molecule has 2 unspecified atom stereocenters. The number of rotatable bonds is 6. The number of nitrogens with one attached hydrogen (secondary N) is 3. The number of hydrazine groups is 1. The molecule has 7 heteroatoms. The van der Waals surface area contributed by atoms with Crippen LogP contribution in [0, 0.1) is 0 Å². The van der Waals surface area contributed by atoms with Crippen LogP contribution in [0.2, 0.25) is 0 Å². The molecule has 2 fully saturated rings. The van der Waals surface area contributed by atoms with E-state index in [2.05, 4.69) is 32.1 Å². The monoisotopic (exact) mass is 395 g/mol. The van der Waals surface area contributed by atoms with E-state index in [0.717, 1.165) is 43.7 Å². The van der Waals surface area contributed by atoms with Crippen molar-refractivity contribution in [3.63, 3.8) is 0 Å². The van der Waals surface area contributed by atoms with E-state index >= 15 is 0 Å². The summed E-state index contributed by atoms with van der Waals surface area (Å²) < 4.78 is 5.23. The molecule has 3 N–H and O–H groups in total. The Morgan fingerprint density at radius 3 is 2.86 bits per heavy atom. The number of piperidine rings is 1. The number of hydrogen-bond acceptors (Lipinski definition) is 6. The summed E-state index contributed by atoms with van der Waals surface area (Å²) >= 11 is 0. The zero-order chi connectivity index (χ0) is 20.1. The fourth-order valence-electron chi connectivity index (χ4n) is 4.18. The number of carbonyl (C=O) groups excluding carboxylic acids is 1. The molecule has 2 atom stereocenters. The first-order chi connectivity index (χ1) is 14.2. The summed E-state index contributed by atoms with van der Waals surface area (Å²) in [5.41, 5.74) is 9.00. The van der Waals surface area contributed by atoms with Gasteiger partial charge in [0, 0.05) is 31.5 Å². The van der Waals surface area contributed by atoms with Crippen LogP contribution in [0.3, 0.4) is 0 Å². The lowest BCUT2D eigenvalue weighted by Gasteiger charge is -2.35. The molecule has 0 aliphatic carbocycles. The standard InChI is InChI=1S/C22H29N5O2/c1-29-19-6-2-4-16(12-19)13-22(28)24-18-7-10-27(11-8-18)21-14-20(25-26-21)17-5-3-9-23-15-17/h2-6,9,12,15,18,20-21,25-26H,7-8,10-11,13-14H2,1H3,(H,24,28). The Balaban J connectivity index is 1.22. The van der Waals surface area contributed by atoms with E-state index in [9.17, 15) is 4.79 Å². The lowest BCUT2D eigenvalue weighted by atomic mass is 10.0. The van der Waals surface area contributed by atoms with Crippen molar-refractivity contribution in [2.45, 2.75) is 43.9 Å². The van der Waals surface area contributed by atoms with E-state index in [4.69, 9.17) is 4.74 Å². The third-order valence-electron chi connectivity index (χ3n) is 5.80. The Morgan fingerprint density at radius 1 is 1.24 bits per heavy atom. The molecule has 29 heavy (non-hydrogen) atoms. The molecule has 154 valence electrons. The molecule has 0 spiro atoms. The summed E-state index contributed by atoms with van der Waals surface area (Å²) in [7, 11) is 1.64. The lowest BCUT2D eigenvalue weighted by Crippen LogP contribution is -2.51. The Hall–Kier alpha value is -2.48. The van der Waals surface area contributed by atoms with Gasteiger partial charge in [-0.2, -0.15) is 0 Å². The highest BCUT2D eigenvalue weighted by atomic mass is 16.5. The van der Waals surface area contributed by atoms with Gasteiger partial charge >= 0.3 is 0 Å². The summed E-state index contributed by atoms with van der Waals surface area (Å²) in [6.45, 7) is 1.95. The molecule has 3 heterocycles. The number of carbonyl (C=O) groups is 1. The first-order valence-corrected chi connectivity index (χ1v) is 10.3. The fraction of sp³-hybridized carbons (Fsp3) is 0.455. The van der Waals surface area contributed by atoms with Gasteiger partial charge in [-0.05, 0) is 48.6 Å². The number of ether oxygens (including phenoxy) is 1. The number of pyridine rings is 1. The van der Waals surface area contributed by atoms with Crippen LogP contribution in [-0.4, -0.2) is 48.2 Å². The normalized spacial score (nSPS) is 23.1. The van der Waals surface area contributed by atoms with Gasteiger partial charge in [-0.3, -0.25) is 14.7 Å². The van der Waals surface area contributed by atoms with E-state index in [1.165, 1.54) is 5.56 Å². The molecule has 2 aliphatic rings. The molecule has 0 radical (unpaired) electrons. The van der Waals surface area contributed by atoms with Gasteiger partial charge in [-0.25, -0.2) is 10.9 Å². The number of amides is 1. The Bertz CT molecular complexity index is 808. The summed E-state index contributed by atoms with van der Waals surface area (Å²) in [4.78, 5) is 19.1. The topological polar surface area (TPSA) is 78.5 Å². The SMILES string of the molecule is COc1cccc(CC(=O)NC2CCN(C3CC(c4cccnc4)NN3)CC2)c1. The highest BCUT2D eigenvalue weighted by Gasteiger charge is 2.32. The summed E-state index contributed by atoms with van der Waals surface area (Å²) in [5, 5.41) is 3.20. The van der Waals surface area contributed by atoms with E-state index in [1.54, 1.807) is 13.3 Å². The van der Waals surface area contributed by atoms with Gasteiger partial charge in [-0.1, -0.05) is 18.2 Å². The molecule has 4 rings (SSSR count). The number of methoxy groups -OCH3 is 1. The van der Waals surface area contributed by atoms with Crippen LogP contribution in [0.25, 0.3) is 0 Å². The van der Waals surface area contributed by atoms with Crippen LogP contribution in [0.5, 0.6) is 5.75 Å². The fourth-order valence-corrected chi connectivity index (χ4v) is 4.18. The zero-order valence-electron chi connectivity index (χ0n) is 16.8. The smallest absolute Gasteiger partial charge is 0.224 e. The molecule has 2 aliphatic heterocycles. The molecule has 1 amide bonds. The first-order valence-electron chi connectivity index (χ1n) is 10.3. The van der Waals surface area contributed by atoms with Crippen molar-refractivity contribution >= 4 is 5.91 Å². The van der Waals surface area contributed by atoms with Crippen molar-refractivity contribution in [3.05, 3.63) is 59.9 Å². The van der Waals surface area contributed by atoms with Gasteiger partial charge in [0.2, 0.25) is 5.91 Å². The second-order valence-electron chi connectivity index (χ2n) is 7.79. The second-order valence-corrected chi connectivity index (χ2v) is 7.79. The maximum atomic E-state index is 12.4. The third kappa shape index (κ3) is 5.12. The van der Waals surface area contributed by atoms with Gasteiger partial charge < -0.3 is 10.1 Å². The number of likely N-dealkylation sites (tertiary alicyclic amines) is 1. The van der Waals surface area contributed by atoms with Gasteiger partial charge in [0.15, 0.2) is 0 Å². The van der Waals surface area contributed by atoms with Crippen LogP contribution >= 0.6 is 0 Å². The Kier molecular flexibility index (Phi) is 6.39. The van der Waals surface area contributed by atoms with Gasteiger partial charge in [0.1, 0.15) is 5.75 Å². The van der Waals surface area contributed by atoms with Crippen molar-refractivity contribution < 1.29 is 9.53 Å². The maximum absolute atomic E-state index is 12.4. The highest BCUT2D eigenvalue weighted by Crippen LogP contribution is 2.25. The predicted octanol–water partition coefficient (Wildman–Crippen LogP) is 1.78. The van der Waals surface area contributed by atoms with E-state index in [1.807, 2.05) is 36.5 Å². The quantitative estimate of drug-likeness (QED) is 0.692. The van der Waals surface area contributed by atoms with Crippen LogP contribution in [0.4, 0.5) is 0 Å². The van der Waals surface area contributed by atoms with E-state index in [0.29, 0.717) is 12.6 Å².